The Balaban J connectivity index is 1.42. The van der Waals surface area contributed by atoms with Crippen LogP contribution in [0.15, 0.2) is 67.0 Å². The van der Waals surface area contributed by atoms with Crippen LogP contribution < -0.4 is 11.5 Å². The van der Waals surface area contributed by atoms with Crippen molar-refractivity contribution in [3.05, 3.63) is 78.1 Å². The number of nitrogen functional groups attached to an aromatic ring is 2. The predicted molar refractivity (Wildman–Crippen MR) is 125 cm³/mol. The lowest BCUT2D eigenvalue weighted by Gasteiger charge is -2.19. The number of alkyl halides is 1. The van der Waals surface area contributed by atoms with Gasteiger partial charge in [0.2, 0.25) is 5.95 Å². The molecule has 2 aromatic heterocycles. The van der Waals surface area contributed by atoms with Gasteiger partial charge in [-0.15, -0.1) is 0 Å². The number of esters is 2. The van der Waals surface area contributed by atoms with Crippen molar-refractivity contribution in [2.24, 2.45) is 0 Å². The van der Waals surface area contributed by atoms with Gasteiger partial charge >= 0.3 is 11.9 Å². The Hall–Kier alpha value is -4.58. The topological polar surface area (TPSA) is 157 Å². The quantitative estimate of drug-likeness (QED) is 0.383. The van der Waals surface area contributed by atoms with E-state index < -0.39 is 36.5 Å². The van der Waals surface area contributed by atoms with Gasteiger partial charge in [-0.1, -0.05) is 36.4 Å². The molecule has 1 fully saturated rings. The summed E-state index contributed by atoms with van der Waals surface area (Å²) in [7, 11) is 0. The molecule has 0 amide bonds. The van der Waals surface area contributed by atoms with Gasteiger partial charge in [0.15, 0.2) is 30.0 Å². The van der Waals surface area contributed by atoms with Crippen LogP contribution in [0.25, 0.3) is 11.2 Å². The normalized spacial score (nSPS) is 21.4. The van der Waals surface area contributed by atoms with Crippen molar-refractivity contribution in [3.63, 3.8) is 0 Å². The molecule has 11 nitrogen and oxygen atoms in total. The second kappa shape index (κ2) is 9.58. The SMILES string of the molecule is Nc1nc(N)c2ncn([C@@H]3O[C@H](COC(=O)c4ccccc4)[C@@H](OC(=O)c4ccccc4)[C@@H]3F)c2n1. The average Bonchev–Trinajstić information content (AvgIpc) is 3.44. The zero-order chi connectivity index (χ0) is 25.2. The lowest BCUT2D eigenvalue weighted by atomic mass is 10.1. The number of carbonyl (C=O) groups is 2. The molecule has 0 aliphatic carbocycles. The number of halogens is 1. The van der Waals surface area contributed by atoms with Crippen LogP contribution in [0.1, 0.15) is 26.9 Å². The number of rotatable bonds is 6. The zero-order valence-corrected chi connectivity index (χ0v) is 18.7. The van der Waals surface area contributed by atoms with Gasteiger partial charge in [0.05, 0.1) is 17.5 Å². The van der Waals surface area contributed by atoms with Crippen molar-refractivity contribution < 1.29 is 28.2 Å². The Bertz CT molecular complexity index is 1400. The highest BCUT2D eigenvalue weighted by atomic mass is 19.1. The van der Waals surface area contributed by atoms with Crippen molar-refractivity contribution in [3.8, 4) is 0 Å². The van der Waals surface area contributed by atoms with E-state index in [-0.39, 0.29) is 35.1 Å². The van der Waals surface area contributed by atoms with Crippen LogP contribution in [0.3, 0.4) is 0 Å². The number of hydrogen-bond donors (Lipinski definition) is 2. The number of nitrogens with two attached hydrogens (primary N) is 2. The summed E-state index contributed by atoms with van der Waals surface area (Å²) in [5, 5.41) is 0. The molecule has 3 heterocycles. The molecule has 0 bridgehead atoms. The summed E-state index contributed by atoms with van der Waals surface area (Å²) in [5.41, 5.74) is 12.4. The van der Waals surface area contributed by atoms with Crippen LogP contribution in [-0.4, -0.2) is 56.4 Å². The van der Waals surface area contributed by atoms with Gasteiger partial charge in [-0.25, -0.2) is 19.0 Å². The number of benzene rings is 2. The monoisotopic (exact) mass is 492 g/mol. The molecule has 2 aromatic carbocycles. The van der Waals surface area contributed by atoms with Crippen LogP contribution in [-0.2, 0) is 14.2 Å². The third-order valence-electron chi connectivity index (χ3n) is 5.65. The summed E-state index contributed by atoms with van der Waals surface area (Å²) in [6, 6.07) is 16.4. The number of fused-ring (bicyclic) bond motifs is 1. The summed E-state index contributed by atoms with van der Waals surface area (Å²) < 4.78 is 33.9. The number of carbonyl (C=O) groups excluding carboxylic acids is 2. The van der Waals surface area contributed by atoms with Gasteiger partial charge in [0, 0.05) is 0 Å². The molecule has 1 aliphatic rings. The molecule has 4 N–H and O–H groups in total. The fraction of sp³-hybridized carbons (Fsp3) is 0.208. The third kappa shape index (κ3) is 4.41. The number of nitrogens with zero attached hydrogens (tertiary/aromatic N) is 4. The first-order valence-electron chi connectivity index (χ1n) is 11.0. The average molecular weight is 492 g/mol. The van der Waals surface area contributed by atoms with Crippen LogP contribution in [0, 0.1) is 0 Å². The molecule has 36 heavy (non-hydrogen) atoms. The van der Waals surface area contributed by atoms with Gasteiger partial charge in [-0.2, -0.15) is 9.97 Å². The molecule has 0 unspecified atom stereocenters. The van der Waals surface area contributed by atoms with E-state index >= 15 is 4.39 Å². The molecule has 4 atom stereocenters. The highest BCUT2D eigenvalue weighted by Crippen LogP contribution is 2.36. The molecule has 5 rings (SSSR count). The van der Waals surface area contributed by atoms with Crippen LogP contribution in [0.4, 0.5) is 16.2 Å². The number of anilines is 2. The van der Waals surface area contributed by atoms with E-state index in [1.807, 2.05) is 0 Å². The first-order valence-corrected chi connectivity index (χ1v) is 11.0. The fourth-order valence-corrected chi connectivity index (χ4v) is 3.92. The van der Waals surface area contributed by atoms with Crippen molar-refractivity contribution >= 4 is 34.9 Å². The Labute approximate surface area is 203 Å². The summed E-state index contributed by atoms with van der Waals surface area (Å²) in [4.78, 5) is 37.2. The smallest absolute Gasteiger partial charge is 0.338 e. The molecule has 1 aliphatic heterocycles. The van der Waals surface area contributed by atoms with Crippen molar-refractivity contribution in [2.75, 3.05) is 18.1 Å². The molecule has 0 radical (unpaired) electrons. The molecule has 184 valence electrons. The highest BCUT2D eigenvalue weighted by molar-refractivity contribution is 5.90. The van der Waals surface area contributed by atoms with Crippen molar-refractivity contribution in [1.82, 2.24) is 19.5 Å². The minimum Gasteiger partial charge on any atom is -0.459 e. The first kappa shape index (κ1) is 23.2. The van der Waals surface area contributed by atoms with E-state index in [0.717, 1.165) is 0 Å². The van der Waals surface area contributed by atoms with Gasteiger partial charge in [-0.05, 0) is 24.3 Å². The second-order valence-corrected chi connectivity index (χ2v) is 8.00. The van der Waals surface area contributed by atoms with Gasteiger partial charge < -0.3 is 25.7 Å². The van der Waals surface area contributed by atoms with E-state index in [0.29, 0.717) is 5.56 Å². The Morgan fingerprint density at radius 1 is 0.972 bits per heavy atom. The second-order valence-electron chi connectivity index (χ2n) is 8.00. The van der Waals surface area contributed by atoms with Gasteiger partial charge in [0.1, 0.15) is 18.2 Å². The zero-order valence-electron chi connectivity index (χ0n) is 18.7. The minimum absolute atomic E-state index is 0.0186. The predicted octanol–water partition coefficient (Wildman–Crippen LogP) is 2.31. The number of imidazole rings is 1. The summed E-state index contributed by atoms with van der Waals surface area (Å²) in [6.45, 7) is -0.372. The van der Waals surface area contributed by atoms with Gasteiger partial charge in [-0.3, -0.25) is 4.57 Å². The van der Waals surface area contributed by atoms with Crippen LogP contribution >= 0.6 is 0 Å². The maximum Gasteiger partial charge on any atom is 0.338 e. The lowest BCUT2D eigenvalue weighted by molar-refractivity contribution is -0.0570. The number of hydrogen-bond acceptors (Lipinski definition) is 10. The van der Waals surface area contributed by atoms with E-state index in [1.165, 1.54) is 10.9 Å². The molecule has 0 saturated carbocycles. The lowest BCUT2D eigenvalue weighted by Crippen LogP contribution is -2.37. The first-order chi connectivity index (χ1) is 17.4. The summed E-state index contributed by atoms with van der Waals surface area (Å²) >= 11 is 0. The number of ether oxygens (including phenoxy) is 3. The molecule has 4 aromatic rings. The van der Waals surface area contributed by atoms with Crippen molar-refractivity contribution in [2.45, 2.75) is 24.6 Å². The molecule has 1 saturated heterocycles. The van der Waals surface area contributed by atoms with E-state index in [2.05, 4.69) is 15.0 Å². The van der Waals surface area contributed by atoms with E-state index in [4.69, 9.17) is 25.7 Å². The maximum absolute atomic E-state index is 15.8. The van der Waals surface area contributed by atoms with Crippen molar-refractivity contribution in [1.29, 1.82) is 0 Å². The Morgan fingerprint density at radius 3 is 2.28 bits per heavy atom. The number of aromatic nitrogens is 4. The highest BCUT2D eigenvalue weighted by Gasteiger charge is 2.50. The van der Waals surface area contributed by atoms with E-state index in [9.17, 15) is 9.59 Å². The minimum atomic E-state index is -1.87. The molecule has 0 spiro atoms. The fourth-order valence-electron chi connectivity index (χ4n) is 3.92. The summed E-state index contributed by atoms with van der Waals surface area (Å²) in [6.07, 6.45) is -4.44. The standard InChI is InChI=1S/C24H21FN6O5/c25-16-18(36-23(33)14-9-5-2-6-10-14)15(11-34-22(32)13-7-3-1-4-8-13)35-21(16)31-12-28-17-19(26)29-24(27)30-20(17)31/h1-10,12,15-16,18,21H,11H2,(H4,26,27,29,30)/t15-,16+,18-,21-/m1/s1. The molecular weight excluding hydrogens is 471 g/mol. The van der Waals surface area contributed by atoms with Crippen LogP contribution in [0.5, 0.6) is 0 Å². The van der Waals surface area contributed by atoms with E-state index in [1.54, 1.807) is 60.7 Å². The molecule has 12 heteroatoms. The van der Waals surface area contributed by atoms with Crippen LogP contribution in [0.2, 0.25) is 0 Å². The third-order valence-corrected chi connectivity index (χ3v) is 5.65. The maximum atomic E-state index is 15.8. The van der Waals surface area contributed by atoms with Gasteiger partial charge in [0.25, 0.3) is 0 Å². The largest absolute Gasteiger partial charge is 0.459 e. The Kier molecular flexibility index (Phi) is 6.17. The molecular formula is C24H21FN6O5. The Morgan fingerprint density at radius 2 is 1.61 bits per heavy atom. The summed E-state index contributed by atoms with van der Waals surface area (Å²) in [5.74, 6) is -1.49.